The van der Waals surface area contributed by atoms with Gasteiger partial charge in [0.05, 0.1) is 12.6 Å². The molecule has 14 heavy (non-hydrogen) atoms. The molecule has 0 aromatic heterocycles. The van der Waals surface area contributed by atoms with Crippen LogP contribution in [0.3, 0.4) is 0 Å². The average Bonchev–Trinajstić information content (AvgIpc) is 2.55. The second kappa shape index (κ2) is 5.07. The Morgan fingerprint density at radius 1 is 1.86 bits per heavy atom. The first-order chi connectivity index (χ1) is 6.70. The van der Waals surface area contributed by atoms with Crippen molar-refractivity contribution >= 4 is 23.2 Å². The van der Waals surface area contributed by atoms with Crippen LogP contribution in [0.25, 0.3) is 0 Å². The lowest BCUT2D eigenvalue weighted by Crippen LogP contribution is -2.40. The third-order valence-electron chi connectivity index (χ3n) is 2.08. The molecule has 1 saturated heterocycles. The lowest BCUT2D eigenvalue weighted by Gasteiger charge is -2.21. The molecule has 4 nitrogen and oxygen atoms in total. The fraction of sp³-hybridized carbons (Fsp3) is 0.556. The number of rotatable bonds is 3. The van der Waals surface area contributed by atoms with E-state index in [1.807, 2.05) is 0 Å². The van der Waals surface area contributed by atoms with Gasteiger partial charge in [0.15, 0.2) is 0 Å². The number of aliphatic hydroxyl groups is 1. The van der Waals surface area contributed by atoms with Gasteiger partial charge in [0.1, 0.15) is 6.61 Å². The fourth-order valence-corrected chi connectivity index (χ4v) is 1.65. The number of thiocarbonyl (C=S) groups is 1. The van der Waals surface area contributed by atoms with Gasteiger partial charge in [0.2, 0.25) is 0 Å². The van der Waals surface area contributed by atoms with E-state index in [1.165, 1.54) is 11.0 Å². The Hall–Kier alpha value is -0.940. The molecular formula is C9H13NO3S. The van der Waals surface area contributed by atoms with Crippen LogP contribution < -0.4 is 0 Å². The molecule has 0 bridgehead atoms. The Labute approximate surface area is 88.2 Å². The number of aliphatic hydroxyl groups excluding tert-OH is 1. The van der Waals surface area contributed by atoms with Gasteiger partial charge in [-0.05, 0) is 6.42 Å². The quantitative estimate of drug-likeness (QED) is 0.557. The first-order valence-corrected chi connectivity index (χ1v) is 4.79. The molecule has 0 aliphatic carbocycles. The molecule has 0 radical (unpaired) electrons. The molecule has 1 heterocycles. The van der Waals surface area contributed by atoms with E-state index in [4.69, 9.17) is 22.1 Å². The molecule has 1 N–H and O–H groups in total. The van der Waals surface area contributed by atoms with Crippen LogP contribution in [0.1, 0.15) is 6.42 Å². The van der Waals surface area contributed by atoms with E-state index in [-0.39, 0.29) is 19.3 Å². The third kappa shape index (κ3) is 2.30. The van der Waals surface area contributed by atoms with Crippen LogP contribution in [-0.4, -0.2) is 46.8 Å². The number of likely N-dealkylation sites (tertiary alicyclic amines) is 1. The summed E-state index contributed by atoms with van der Waals surface area (Å²) in [4.78, 5) is 13.6. The van der Waals surface area contributed by atoms with Gasteiger partial charge in [-0.1, -0.05) is 24.9 Å². The van der Waals surface area contributed by atoms with Crippen molar-refractivity contribution < 1.29 is 14.6 Å². The minimum absolute atomic E-state index is 0.137. The van der Waals surface area contributed by atoms with Crippen LogP contribution in [0.15, 0.2) is 12.7 Å². The van der Waals surface area contributed by atoms with Crippen molar-refractivity contribution in [3.8, 4) is 0 Å². The van der Waals surface area contributed by atoms with E-state index in [0.717, 1.165) is 0 Å². The van der Waals surface area contributed by atoms with Crippen molar-refractivity contribution in [2.24, 2.45) is 0 Å². The SMILES string of the molecule is C=CCOC(=O)N1CCC(=S)C1CO. The highest BCUT2D eigenvalue weighted by Crippen LogP contribution is 2.15. The summed E-state index contributed by atoms with van der Waals surface area (Å²) in [5.41, 5.74) is 0. The second-order valence-corrected chi connectivity index (χ2v) is 3.50. The molecule has 78 valence electrons. The van der Waals surface area contributed by atoms with Crippen molar-refractivity contribution in [2.75, 3.05) is 19.8 Å². The predicted molar refractivity (Wildman–Crippen MR) is 56.3 cm³/mol. The second-order valence-electron chi connectivity index (χ2n) is 2.97. The summed E-state index contributed by atoms with van der Waals surface area (Å²) in [7, 11) is 0. The van der Waals surface area contributed by atoms with Crippen LogP contribution in [0, 0.1) is 0 Å². The molecule has 1 fully saturated rings. The Balaban J connectivity index is 2.54. The number of hydrogen-bond acceptors (Lipinski definition) is 4. The van der Waals surface area contributed by atoms with Gasteiger partial charge in [-0.3, -0.25) is 4.90 Å². The van der Waals surface area contributed by atoms with Gasteiger partial charge in [-0.25, -0.2) is 4.79 Å². The number of amides is 1. The Morgan fingerprint density at radius 3 is 3.14 bits per heavy atom. The van der Waals surface area contributed by atoms with Crippen LogP contribution in [0.2, 0.25) is 0 Å². The van der Waals surface area contributed by atoms with Crippen molar-refractivity contribution in [2.45, 2.75) is 12.5 Å². The van der Waals surface area contributed by atoms with Crippen LogP contribution in [0.4, 0.5) is 4.79 Å². The highest BCUT2D eigenvalue weighted by atomic mass is 32.1. The van der Waals surface area contributed by atoms with Crippen molar-refractivity contribution in [1.82, 2.24) is 4.90 Å². The van der Waals surface area contributed by atoms with E-state index in [1.54, 1.807) is 0 Å². The topological polar surface area (TPSA) is 49.8 Å². The van der Waals surface area contributed by atoms with Crippen molar-refractivity contribution in [3.63, 3.8) is 0 Å². The Morgan fingerprint density at radius 2 is 2.57 bits per heavy atom. The molecule has 1 amide bonds. The first-order valence-electron chi connectivity index (χ1n) is 4.38. The zero-order chi connectivity index (χ0) is 10.6. The third-order valence-corrected chi connectivity index (χ3v) is 2.56. The van der Waals surface area contributed by atoms with E-state index in [9.17, 15) is 4.79 Å². The summed E-state index contributed by atoms with van der Waals surface area (Å²) >= 11 is 5.02. The summed E-state index contributed by atoms with van der Waals surface area (Å²) in [5.74, 6) is 0. The Bertz CT molecular complexity index is 254. The van der Waals surface area contributed by atoms with E-state index >= 15 is 0 Å². The maximum absolute atomic E-state index is 11.4. The number of ether oxygens (including phenoxy) is 1. The van der Waals surface area contributed by atoms with Crippen molar-refractivity contribution in [3.05, 3.63) is 12.7 Å². The highest BCUT2D eigenvalue weighted by Gasteiger charge is 2.33. The molecule has 1 unspecified atom stereocenters. The standard InChI is InChI=1S/C9H13NO3S/c1-2-5-13-9(12)10-4-3-8(14)7(10)6-11/h2,7,11H,1,3-6H2. The highest BCUT2D eigenvalue weighted by molar-refractivity contribution is 7.80. The van der Waals surface area contributed by atoms with Gasteiger partial charge in [0, 0.05) is 11.4 Å². The molecular weight excluding hydrogens is 202 g/mol. The zero-order valence-electron chi connectivity index (χ0n) is 7.81. The summed E-state index contributed by atoms with van der Waals surface area (Å²) in [6, 6.07) is -0.359. The number of hydrogen-bond donors (Lipinski definition) is 1. The fourth-order valence-electron chi connectivity index (χ4n) is 1.36. The van der Waals surface area contributed by atoms with Gasteiger partial charge in [0.25, 0.3) is 0 Å². The van der Waals surface area contributed by atoms with Gasteiger partial charge < -0.3 is 9.84 Å². The van der Waals surface area contributed by atoms with Crippen LogP contribution in [0.5, 0.6) is 0 Å². The normalized spacial score (nSPS) is 21.1. The summed E-state index contributed by atoms with van der Waals surface area (Å²) < 4.78 is 4.85. The van der Waals surface area contributed by atoms with E-state index in [2.05, 4.69) is 6.58 Å². The summed E-state index contributed by atoms with van der Waals surface area (Å²) in [6.07, 6.45) is 1.72. The lowest BCUT2D eigenvalue weighted by atomic mass is 10.2. The first kappa shape index (κ1) is 11.1. The maximum Gasteiger partial charge on any atom is 0.410 e. The van der Waals surface area contributed by atoms with Crippen LogP contribution >= 0.6 is 12.2 Å². The van der Waals surface area contributed by atoms with Crippen LogP contribution in [-0.2, 0) is 4.74 Å². The Kier molecular flexibility index (Phi) is 4.03. The van der Waals surface area contributed by atoms with E-state index < -0.39 is 6.09 Å². The molecule has 1 aliphatic rings. The monoisotopic (exact) mass is 215 g/mol. The number of carbonyl (C=O) groups excluding carboxylic acids is 1. The van der Waals surface area contributed by atoms with Gasteiger partial charge in [-0.15, -0.1) is 0 Å². The minimum atomic E-state index is -0.441. The van der Waals surface area contributed by atoms with Crippen molar-refractivity contribution in [1.29, 1.82) is 0 Å². The lowest BCUT2D eigenvalue weighted by molar-refractivity contribution is 0.100. The largest absolute Gasteiger partial charge is 0.445 e. The smallest absolute Gasteiger partial charge is 0.410 e. The van der Waals surface area contributed by atoms with Gasteiger partial charge >= 0.3 is 6.09 Å². The minimum Gasteiger partial charge on any atom is -0.445 e. The molecule has 0 spiro atoms. The molecule has 0 aromatic carbocycles. The van der Waals surface area contributed by atoms with E-state index in [0.29, 0.717) is 17.8 Å². The number of nitrogens with zero attached hydrogens (tertiary/aromatic N) is 1. The average molecular weight is 215 g/mol. The van der Waals surface area contributed by atoms with Gasteiger partial charge in [-0.2, -0.15) is 0 Å². The maximum atomic E-state index is 11.4. The molecule has 5 heteroatoms. The summed E-state index contributed by atoms with van der Waals surface area (Å²) in [5, 5.41) is 9.02. The molecule has 0 aromatic rings. The molecule has 0 saturated carbocycles. The summed E-state index contributed by atoms with van der Waals surface area (Å²) in [6.45, 7) is 4.01. The zero-order valence-corrected chi connectivity index (χ0v) is 8.63. The predicted octanol–water partition coefficient (Wildman–Crippen LogP) is 0.746. The molecule has 1 rings (SSSR count). The molecule has 1 atom stereocenters. The molecule has 1 aliphatic heterocycles. The number of carbonyl (C=O) groups is 1.